The Morgan fingerprint density at radius 2 is 1.90 bits per heavy atom. The molecule has 0 saturated heterocycles. The highest BCUT2D eigenvalue weighted by Crippen LogP contribution is 2.15. The maximum absolute atomic E-state index is 11.3. The van der Waals surface area contributed by atoms with Gasteiger partial charge in [0.2, 0.25) is 5.91 Å². The summed E-state index contributed by atoms with van der Waals surface area (Å²) in [5, 5.41) is 3.20. The molecule has 0 aliphatic rings. The molecule has 0 fully saturated rings. The standard InChI is InChI=1S/C11H13Cl2N3O3.ClH/c12-8-3-7(4-9(13)16-8)6-19-11(18)5-15-2-1-10(14)17;/h3-4,15H,1-2,5-6H2,(H2,14,17);1H. The number of carbonyl (C=O) groups excluding carboxylic acids is 2. The van der Waals surface area contributed by atoms with Crippen LogP contribution in [-0.4, -0.2) is 29.9 Å². The molecule has 6 nitrogen and oxygen atoms in total. The molecule has 1 aromatic rings. The van der Waals surface area contributed by atoms with Gasteiger partial charge < -0.3 is 15.8 Å². The molecule has 0 aliphatic carbocycles. The first-order chi connectivity index (χ1) is 8.97. The van der Waals surface area contributed by atoms with Gasteiger partial charge in [-0.2, -0.15) is 0 Å². The van der Waals surface area contributed by atoms with E-state index in [0.717, 1.165) is 0 Å². The number of nitrogens with one attached hydrogen (secondary N) is 1. The van der Waals surface area contributed by atoms with E-state index in [2.05, 4.69) is 10.3 Å². The Hall–Kier alpha value is -1.08. The van der Waals surface area contributed by atoms with Gasteiger partial charge in [-0.05, 0) is 17.7 Å². The maximum atomic E-state index is 11.3. The van der Waals surface area contributed by atoms with Gasteiger partial charge in [-0.1, -0.05) is 23.2 Å². The van der Waals surface area contributed by atoms with Crippen LogP contribution in [0.3, 0.4) is 0 Å². The van der Waals surface area contributed by atoms with E-state index in [0.29, 0.717) is 12.1 Å². The minimum absolute atomic E-state index is 0. The molecule has 112 valence electrons. The molecule has 1 amide bonds. The van der Waals surface area contributed by atoms with Gasteiger partial charge in [0, 0.05) is 13.0 Å². The number of ether oxygens (including phenoxy) is 1. The van der Waals surface area contributed by atoms with Crippen LogP contribution in [0, 0.1) is 0 Å². The molecule has 1 heterocycles. The second-order valence-corrected chi connectivity index (χ2v) is 4.45. The number of nitrogens with zero attached hydrogens (tertiary/aromatic N) is 1. The fourth-order valence-electron chi connectivity index (χ4n) is 1.21. The van der Waals surface area contributed by atoms with Gasteiger partial charge in [-0.3, -0.25) is 9.59 Å². The molecule has 0 radical (unpaired) electrons. The molecule has 9 heteroatoms. The van der Waals surface area contributed by atoms with Crippen molar-refractivity contribution in [2.45, 2.75) is 13.0 Å². The lowest BCUT2D eigenvalue weighted by molar-refractivity contribution is -0.143. The first-order valence-corrected chi connectivity index (χ1v) is 6.19. The van der Waals surface area contributed by atoms with Crippen molar-refractivity contribution in [3.8, 4) is 0 Å². The van der Waals surface area contributed by atoms with Crippen molar-refractivity contribution < 1.29 is 14.3 Å². The number of nitrogens with two attached hydrogens (primary N) is 1. The zero-order valence-corrected chi connectivity index (χ0v) is 12.7. The number of pyridine rings is 1. The quantitative estimate of drug-likeness (QED) is 0.443. The monoisotopic (exact) mass is 341 g/mol. The van der Waals surface area contributed by atoms with Crippen molar-refractivity contribution in [2.75, 3.05) is 13.1 Å². The van der Waals surface area contributed by atoms with E-state index in [4.69, 9.17) is 33.7 Å². The molecular formula is C11H14Cl3N3O3. The summed E-state index contributed by atoms with van der Waals surface area (Å²) in [4.78, 5) is 25.6. The molecule has 1 rings (SSSR count). The van der Waals surface area contributed by atoms with Gasteiger partial charge in [0.05, 0.1) is 6.54 Å². The maximum Gasteiger partial charge on any atom is 0.320 e. The molecule has 0 saturated carbocycles. The average Bonchev–Trinajstić information content (AvgIpc) is 2.31. The Bertz CT molecular complexity index is 451. The number of rotatable bonds is 7. The zero-order chi connectivity index (χ0) is 14.3. The third kappa shape index (κ3) is 8.16. The van der Waals surface area contributed by atoms with Crippen LogP contribution in [0.2, 0.25) is 10.3 Å². The van der Waals surface area contributed by atoms with Crippen LogP contribution in [0.5, 0.6) is 0 Å². The second-order valence-electron chi connectivity index (χ2n) is 3.67. The number of hydrogen-bond donors (Lipinski definition) is 2. The fraction of sp³-hybridized carbons (Fsp3) is 0.364. The SMILES string of the molecule is Cl.NC(=O)CCNCC(=O)OCc1cc(Cl)nc(Cl)c1. The smallest absolute Gasteiger partial charge is 0.320 e. The third-order valence-corrected chi connectivity index (χ3v) is 2.43. The second kappa shape index (κ2) is 9.77. The van der Waals surface area contributed by atoms with E-state index in [9.17, 15) is 9.59 Å². The van der Waals surface area contributed by atoms with Gasteiger partial charge in [0.1, 0.15) is 16.9 Å². The van der Waals surface area contributed by atoms with Gasteiger partial charge in [-0.15, -0.1) is 12.4 Å². The summed E-state index contributed by atoms with van der Waals surface area (Å²) >= 11 is 11.4. The molecule has 0 aliphatic heterocycles. The van der Waals surface area contributed by atoms with Gasteiger partial charge in [0.15, 0.2) is 0 Å². The van der Waals surface area contributed by atoms with Crippen LogP contribution in [-0.2, 0) is 20.9 Å². The average molecular weight is 343 g/mol. The number of halogens is 3. The molecule has 1 aromatic heterocycles. The Kier molecular flexibility index (Phi) is 9.24. The summed E-state index contributed by atoms with van der Waals surface area (Å²) in [6.07, 6.45) is 0.169. The number of aromatic nitrogens is 1. The van der Waals surface area contributed by atoms with E-state index < -0.39 is 11.9 Å². The summed E-state index contributed by atoms with van der Waals surface area (Å²) in [6, 6.07) is 3.11. The van der Waals surface area contributed by atoms with E-state index in [-0.39, 0.29) is 42.3 Å². The topological polar surface area (TPSA) is 94.3 Å². The molecule has 0 atom stereocenters. The summed E-state index contributed by atoms with van der Waals surface area (Å²) < 4.78 is 4.98. The van der Waals surface area contributed by atoms with E-state index in [1.165, 1.54) is 0 Å². The minimum atomic E-state index is -0.450. The molecule has 0 unspecified atom stereocenters. The first-order valence-electron chi connectivity index (χ1n) is 5.44. The van der Waals surface area contributed by atoms with Crippen LogP contribution in [0.1, 0.15) is 12.0 Å². The normalized spacial score (nSPS) is 9.70. The summed E-state index contributed by atoms with van der Waals surface area (Å²) in [7, 11) is 0. The van der Waals surface area contributed by atoms with E-state index in [1.54, 1.807) is 12.1 Å². The van der Waals surface area contributed by atoms with E-state index in [1.807, 2.05) is 0 Å². The minimum Gasteiger partial charge on any atom is -0.460 e. The number of amides is 1. The number of esters is 1. The number of primary amides is 1. The van der Waals surface area contributed by atoms with Crippen LogP contribution in [0.4, 0.5) is 0 Å². The van der Waals surface area contributed by atoms with Gasteiger partial charge in [0.25, 0.3) is 0 Å². The van der Waals surface area contributed by atoms with Crippen LogP contribution in [0.25, 0.3) is 0 Å². The Morgan fingerprint density at radius 1 is 1.30 bits per heavy atom. The van der Waals surface area contributed by atoms with Crippen LogP contribution >= 0.6 is 35.6 Å². The molecule has 0 aromatic carbocycles. The lowest BCUT2D eigenvalue weighted by atomic mass is 10.3. The predicted molar refractivity (Wildman–Crippen MR) is 78.0 cm³/mol. The van der Waals surface area contributed by atoms with E-state index >= 15 is 0 Å². The largest absolute Gasteiger partial charge is 0.460 e. The van der Waals surface area contributed by atoms with Crippen LogP contribution < -0.4 is 11.1 Å². The summed E-state index contributed by atoms with van der Waals surface area (Å²) in [5.74, 6) is -0.879. The summed E-state index contributed by atoms with van der Waals surface area (Å²) in [6.45, 7) is 0.384. The highest BCUT2D eigenvalue weighted by Gasteiger charge is 2.05. The van der Waals surface area contributed by atoms with Crippen LogP contribution in [0.15, 0.2) is 12.1 Å². The molecule has 0 spiro atoms. The van der Waals surface area contributed by atoms with Crippen molar-refractivity contribution in [1.82, 2.24) is 10.3 Å². The fourth-order valence-corrected chi connectivity index (χ4v) is 1.72. The van der Waals surface area contributed by atoms with Gasteiger partial charge >= 0.3 is 5.97 Å². The van der Waals surface area contributed by atoms with Crippen molar-refractivity contribution in [3.63, 3.8) is 0 Å². The lowest BCUT2D eigenvalue weighted by Crippen LogP contribution is -2.28. The molecular weight excluding hydrogens is 328 g/mol. The van der Waals surface area contributed by atoms with Crippen molar-refractivity contribution in [1.29, 1.82) is 0 Å². The number of carbonyl (C=O) groups is 2. The number of hydrogen-bond acceptors (Lipinski definition) is 5. The van der Waals surface area contributed by atoms with Crippen molar-refractivity contribution >= 4 is 47.5 Å². The third-order valence-electron chi connectivity index (χ3n) is 2.04. The molecule has 0 bridgehead atoms. The Labute approximate surface area is 132 Å². The lowest BCUT2D eigenvalue weighted by Gasteiger charge is -2.06. The zero-order valence-electron chi connectivity index (χ0n) is 10.4. The first kappa shape index (κ1) is 18.9. The molecule has 3 N–H and O–H groups in total. The van der Waals surface area contributed by atoms with Crippen molar-refractivity contribution in [3.05, 3.63) is 28.0 Å². The Morgan fingerprint density at radius 3 is 2.45 bits per heavy atom. The summed E-state index contributed by atoms with van der Waals surface area (Å²) in [5.41, 5.74) is 5.59. The highest BCUT2D eigenvalue weighted by molar-refractivity contribution is 6.32. The highest BCUT2D eigenvalue weighted by atomic mass is 35.5. The molecule has 20 heavy (non-hydrogen) atoms. The predicted octanol–water partition coefficient (Wildman–Crippen LogP) is 1.32. The Balaban J connectivity index is 0.00000361. The van der Waals surface area contributed by atoms with Gasteiger partial charge in [-0.25, -0.2) is 4.98 Å². The van der Waals surface area contributed by atoms with Crippen molar-refractivity contribution in [2.24, 2.45) is 5.73 Å².